The van der Waals surface area contributed by atoms with Gasteiger partial charge in [-0.25, -0.2) is 0 Å². The van der Waals surface area contributed by atoms with E-state index in [9.17, 15) is 15.2 Å². The molecule has 0 spiro atoms. The Hall–Kier alpha value is -1.17. The molecule has 0 radical (unpaired) electrons. The molecular weight excluding hydrogens is 244 g/mol. The molecule has 0 aromatic heterocycles. The van der Waals surface area contributed by atoms with Gasteiger partial charge < -0.3 is 5.11 Å². The second kappa shape index (κ2) is 5.00. The number of hydrogen-bond acceptors (Lipinski definition) is 4. The van der Waals surface area contributed by atoms with Crippen molar-refractivity contribution in [2.45, 2.75) is 19.2 Å². The van der Waals surface area contributed by atoms with Crippen LogP contribution in [0.4, 0.5) is 5.69 Å². The Morgan fingerprint density at radius 1 is 1.47 bits per heavy atom. The molecule has 0 aliphatic carbocycles. The van der Waals surface area contributed by atoms with Gasteiger partial charge in [-0.15, -0.1) is 11.6 Å². The highest BCUT2D eigenvalue weighted by molar-refractivity contribution is 6.18. The van der Waals surface area contributed by atoms with Crippen LogP contribution in [0.5, 0.6) is 0 Å². The Kier molecular flexibility index (Phi) is 3.61. The van der Waals surface area contributed by atoms with Crippen molar-refractivity contribution in [2.24, 2.45) is 0 Å². The van der Waals surface area contributed by atoms with Crippen LogP contribution in [0, 0.1) is 10.1 Å². The predicted molar refractivity (Wildman–Crippen MR) is 63.9 cm³/mol. The lowest BCUT2D eigenvalue weighted by atomic mass is 10.1. The number of nitro groups is 1. The lowest BCUT2D eigenvalue weighted by Gasteiger charge is -2.17. The van der Waals surface area contributed by atoms with Crippen LogP contribution in [0.3, 0.4) is 0 Å². The van der Waals surface area contributed by atoms with Crippen molar-refractivity contribution >= 4 is 17.3 Å². The number of aliphatic hydroxyl groups is 1. The van der Waals surface area contributed by atoms with Crippen molar-refractivity contribution in [3.05, 3.63) is 39.4 Å². The maximum Gasteiger partial charge on any atom is 0.269 e. The van der Waals surface area contributed by atoms with Crippen LogP contribution >= 0.6 is 11.6 Å². The van der Waals surface area contributed by atoms with Crippen LogP contribution in [0.2, 0.25) is 0 Å². The molecule has 0 amide bonds. The molecule has 0 bridgehead atoms. The molecule has 1 aromatic carbocycles. The summed E-state index contributed by atoms with van der Waals surface area (Å²) in [6, 6.07) is 4.89. The van der Waals surface area contributed by atoms with Gasteiger partial charge in [-0.2, -0.15) is 0 Å². The van der Waals surface area contributed by atoms with E-state index in [-0.39, 0.29) is 11.6 Å². The zero-order chi connectivity index (χ0) is 12.4. The number of nitro benzene ring substituents is 1. The van der Waals surface area contributed by atoms with Gasteiger partial charge in [0.05, 0.1) is 11.0 Å². The molecule has 0 saturated carbocycles. The number of halogens is 1. The minimum Gasteiger partial charge on any atom is -0.391 e. The fourth-order valence-corrected chi connectivity index (χ4v) is 2.14. The van der Waals surface area contributed by atoms with E-state index in [1.54, 1.807) is 12.1 Å². The highest BCUT2D eigenvalue weighted by atomic mass is 35.5. The average molecular weight is 257 g/mol. The number of rotatable bonds is 4. The van der Waals surface area contributed by atoms with E-state index in [1.165, 1.54) is 6.07 Å². The number of hydrogen-bond donors (Lipinski definition) is 1. The molecule has 5 nitrogen and oxygen atoms in total. The monoisotopic (exact) mass is 256 g/mol. The third kappa shape index (κ3) is 2.74. The van der Waals surface area contributed by atoms with E-state index in [4.69, 9.17) is 11.6 Å². The first kappa shape index (κ1) is 12.3. The normalized spacial score (nSPS) is 16.8. The van der Waals surface area contributed by atoms with E-state index < -0.39 is 11.0 Å². The van der Waals surface area contributed by atoms with Crippen LogP contribution in [-0.4, -0.2) is 33.5 Å². The van der Waals surface area contributed by atoms with Crippen LogP contribution in [0.1, 0.15) is 11.1 Å². The number of alkyl halides is 1. The molecule has 1 aliphatic rings. The zero-order valence-electron chi connectivity index (χ0n) is 9.17. The molecule has 2 rings (SSSR count). The first-order chi connectivity index (χ1) is 8.10. The quantitative estimate of drug-likeness (QED) is 0.504. The molecule has 17 heavy (non-hydrogen) atoms. The van der Waals surface area contributed by atoms with E-state index in [0.29, 0.717) is 19.6 Å². The Morgan fingerprint density at radius 3 is 2.82 bits per heavy atom. The highest BCUT2D eigenvalue weighted by Crippen LogP contribution is 2.26. The standard InChI is InChI=1S/C11H13ClN2O3/c12-4-11(15)7-13-5-8-1-2-10(14(16)17)3-9(8)6-13/h1-3,11,15H,4-7H2. The summed E-state index contributed by atoms with van der Waals surface area (Å²) in [7, 11) is 0. The average Bonchev–Trinajstić information content (AvgIpc) is 2.69. The molecule has 1 N–H and O–H groups in total. The zero-order valence-corrected chi connectivity index (χ0v) is 9.93. The van der Waals surface area contributed by atoms with Gasteiger partial charge in [0, 0.05) is 37.6 Å². The van der Waals surface area contributed by atoms with E-state index >= 15 is 0 Å². The summed E-state index contributed by atoms with van der Waals surface area (Å²) >= 11 is 5.54. The minimum absolute atomic E-state index is 0.114. The number of benzene rings is 1. The largest absolute Gasteiger partial charge is 0.391 e. The summed E-state index contributed by atoms with van der Waals surface area (Å²) in [5.41, 5.74) is 2.15. The molecular formula is C11H13ClN2O3. The maximum absolute atomic E-state index is 10.6. The molecule has 1 atom stereocenters. The second-order valence-electron chi connectivity index (χ2n) is 4.19. The molecule has 1 aromatic rings. The van der Waals surface area contributed by atoms with E-state index in [0.717, 1.165) is 11.1 Å². The first-order valence-electron chi connectivity index (χ1n) is 5.32. The maximum atomic E-state index is 10.6. The van der Waals surface area contributed by atoms with Crippen LogP contribution < -0.4 is 0 Å². The fourth-order valence-electron chi connectivity index (χ4n) is 2.04. The second-order valence-corrected chi connectivity index (χ2v) is 4.50. The van der Waals surface area contributed by atoms with Crippen molar-refractivity contribution in [3.63, 3.8) is 0 Å². The summed E-state index contributed by atoms with van der Waals surface area (Å²) in [5.74, 6) is 0.201. The number of fused-ring (bicyclic) bond motifs is 1. The predicted octanol–water partition coefficient (Wildman–Crippen LogP) is 1.51. The van der Waals surface area contributed by atoms with Gasteiger partial charge >= 0.3 is 0 Å². The van der Waals surface area contributed by atoms with Crippen molar-refractivity contribution in [3.8, 4) is 0 Å². The van der Waals surface area contributed by atoms with Crippen LogP contribution in [0.25, 0.3) is 0 Å². The number of nitrogens with zero attached hydrogens (tertiary/aromatic N) is 2. The molecule has 1 unspecified atom stereocenters. The lowest BCUT2D eigenvalue weighted by Crippen LogP contribution is -2.29. The summed E-state index contributed by atoms with van der Waals surface area (Å²) in [6.07, 6.45) is -0.555. The molecule has 0 fully saturated rings. The van der Waals surface area contributed by atoms with Gasteiger partial charge in [0.2, 0.25) is 0 Å². The van der Waals surface area contributed by atoms with Gasteiger partial charge in [-0.3, -0.25) is 15.0 Å². The van der Waals surface area contributed by atoms with Crippen LogP contribution in [0.15, 0.2) is 18.2 Å². The van der Waals surface area contributed by atoms with Gasteiger partial charge in [0.25, 0.3) is 5.69 Å². The van der Waals surface area contributed by atoms with Crippen molar-refractivity contribution in [2.75, 3.05) is 12.4 Å². The molecule has 6 heteroatoms. The summed E-state index contributed by atoms with van der Waals surface area (Å²) in [5, 5.41) is 20.1. The van der Waals surface area contributed by atoms with Gasteiger partial charge in [0.1, 0.15) is 0 Å². The van der Waals surface area contributed by atoms with Gasteiger partial charge in [-0.1, -0.05) is 6.07 Å². The molecule has 1 aliphatic heterocycles. The number of non-ortho nitro benzene ring substituents is 1. The minimum atomic E-state index is -0.555. The molecule has 92 valence electrons. The molecule has 1 heterocycles. The van der Waals surface area contributed by atoms with Crippen molar-refractivity contribution in [1.82, 2.24) is 4.90 Å². The summed E-state index contributed by atoms with van der Waals surface area (Å²) in [6.45, 7) is 1.83. The Labute approximate surface area is 104 Å². The summed E-state index contributed by atoms with van der Waals surface area (Å²) < 4.78 is 0. The summed E-state index contributed by atoms with van der Waals surface area (Å²) in [4.78, 5) is 12.3. The Morgan fingerprint density at radius 2 is 2.18 bits per heavy atom. The van der Waals surface area contributed by atoms with Crippen LogP contribution in [-0.2, 0) is 13.1 Å². The fraction of sp³-hybridized carbons (Fsp3) is 0.455. The topological polar surface area (TPSA) is 66.6 Å². The number of β-amino-alcohol motifs (C(OH)–C–C–N with tert-alkyl or cyclic N) is 1. The smallest absolute Gasteiger partial charge is 0.269 e. The van der Waals surface area contributed by atoms with Gasteiger partial charge in [-0.05, 0) is 11.1 Å². The SMILES string of the molecule is O=[N+]([O-])c1ccc2c(c1)CN(CC(O)CCl)C2. The molecule has 0 saturated heterocycles. The lowest BCUT2D eigenvalue weighted by molar-refractivity contribution is -0.384. The van der Waals surface area contributed by atoms with E-state index in [1.807, 2.05) is 4.90 Å². The van der Waals surface area contributed by atoms with Crippen molar-refractivity contribution in [1.29, 1.82) is 0 Å². The van der Waals surface area contributed by atoms with E-state index in [2.05, 4.69) is 0 Å². The highest BCUT2D eigenvalue weighted by Gasteiger charge is 2.22. The number of aliphatic hydroxyl groups excluding tert-OH is 1. The first-order valence-corrected chi connectivity index (χ1v) is 5.86. The third-order valence-corrected chi connectivity index (χ3v) is 3.19. The van der Waals surface area contributed by atoms with Gasteiger partial charge in [0.15, 0.2) is 0 Å². The Bertz CT molecular complexity index is 439. The third-order valence-electron chi connectivity index (χ3n) is 2.84. The Balaban J connectivity index is 2.08. The van der Waals surface area contributed by atoms with Crippen molar-refractivity contribution < 1.29 is 10.0 Å².